The first kappa shape index (κ1) is 42.4. The molecule has 0 aliphatic heterocycles. The summed E-state index contributed by atoms with van der Waals surface area (Å²) in [7, 11) is 9.55. The molecule has 4 aromatic heterocycles. The minimum atomic E-state index is -0.988. The molecule has 0 saturated heterocycles. The summed E-state index contributed by atoms with van der Waals surface area (Å²) in [5.41, 5.74) is 12.0. The molecule has 0 bridgehead atoms. The van der Waals surface area contributed by atoms with Crippen molar-refractivity contribution in [2.75, 3.05) is 11.5 Å². The molecule has 7 aromatic rings. The number of aryl methyl sites for hydroxylation is 4. The third-order valence-corrected chi connectivity index (χ3v) is 8.28. The number of carbonyl (C=O) groups is 2. The van der Waals surface area contributed by atoms with E-state index in [4.69, 9.17) is 21.7 Å². The standard InChI is InChI=1S/2C8H10N4O2.2C7H7NO2.C6H5Br/c2*1-10-4-9-6-5(10)7(13)12(3)8(14)11(6)2;2*8-6-4-2-1-3-5(6)7(9)10;7-6-4-2-1-3-5-6/h2*4H,1-3H3;2*1-4H,8H2,(H,9,10);1-5H. The van der Waals surface area contributed by atoms with Gasteiger partial charge in [-0.1, -0.05) is 58.4 Å². The maximum atomic E-state index is 11.7. The number of fused-ring (bicyclic) bond motifs is 2. The molecule has 0 fully saturated rings. The van der Waals surface area contributed by atoms with Crippen LogP contribution >= 0.6 is 15.9 Å². The van der Waals surface area contributed by atoms with E-state index in [1.54, 1.807) is 73.7 Å². The Morgan fingerprint density at radius 2 is 0.873 bits per heavy atom. The normalized spacial score (nSPS) is 10.1. The van der Waals surface area contributed by atoms with Crippen LogP contribution in [-0.2, 0) is 42.3 Å². The Morgan fingerprint density at radius 1 is 0.545 bits per heavy atom. The Hall–Kier alpha value is -7.02. The minimum Gasteiger partial charge on any atom is -0.478 e. The van der Waals surface area contributed by atoms with Crippen LogP contribution in [0.4, 0.5) is 11.4 Å². The van der Waals surface area contributed by atoms with Gasteiger partial charge in [-0.15, -0.1) is 0 Å². The first-order chi connectivity index (χ1) is 25.9. The number of aromatic nitrogens is 8. The summed E-state index contributed by atoms with van der Waals surface area (Å²) in [6.45, 7) is 0. The number of nitrogen functional groups attached to an aromatic ring is 2. The molecule has 0 unspecified atom stereocenters. The van der Waals surface area contributed by atoms with Crippen LogP contribution < -0.4 is 34.0 Å². The molecule has 19 heteroatoms. The number of benzene rings is 3. The lowest BCUT2D eigenvalue weighted by Crippen LogP contribution is -2.37. The molecule has 288 valence electrons. The summed E-state index contributed by atoms with van der Waals surface area (Å²) in [6, 6.07) is 22.7. The maximum Gasteiger partial charge on any atom is 0.337 e. The second-order valence-corrected chi connectivity index (χ2v) is 12.5. The fourth-order valence-electron chi connectivity index (χ4n) is 4.74. The van der Waals surface area contributed by atoms with Crippen molar-refractivity contribution in [3.05, 3.63) is 149 Å². The lowest BCUT2D eigenvalue weighted by atomic mass is 10.2. The van der Waals surface area contributed by atoms with E-state index in [1.807, 2.05) is 30.3 Å². The first-order valence-electron chi connectivity index (χ1n) is 15.9. The lowest BCUT2D eigenvalue weighted by molar-refractivity contribution is 0.0687. The van der Waals surface area contributed by atoms with Gasteiger partial charge in [0.15, 0.2) is 22.3 Å². The van der Waals surface area contributed by atoms with Crippen molar-refractivity contribution in [2.45, 2.75) is 0 Å². The minimum absolute atomic E-state index is 0.155. The number of carboxylic acid groups (broad SMARTS) is 2. The largest absolute Gasteiger partial charge is 0.478 e. The number of para-hydroxylation sites is 2. The highest BCUT2D eigenvalue weighted by atomic mass is 79.9. The van der Waals surface area contributed by atoms with E-state index in [0.717, 1.165) is 13.6 Å². The highest BCUT2D eigenvalue weighted by Gasteiger charge is 2.13. The van der Waals surface area contributed by atoms with Crippen LogP contribution in [0.25, 0.3) is 22.3 Å². The smallest absolute Gasteiger partial charge is 0.337 e. The van der Waals surface area contributed by atoms with Gasteiger partial charge in [0.2, 0.25) is 0 Å². The van der Waals surface area contributed by atoms with E-state index < -0.39 is 11.9 Å². The molecule has 0 saturated carbocycles. The SMILES string of the molecule is Brc1ccccc1.Cn1c(=O)c2c(ncn2C)n(C)c1=O.Cn1c(=O)c2c(ncn2C)n(C)c1=O.Nc1ccccc1C(=O)O.Nc1ccccc1C(=O)O. The summed E-state index contributed by atoms with van der Waals surface area (Å²) < 4.78 is 9.21. The molecule has 0 atom stereocenters. The van der Waals surface area contributed by atoms with Crippen molar-refractivity contribution >= 4 is 61.6 Å². The number of aromatic carboxylic acids is 2. The van der Waals surface area contributed by atoms with Crippen molar-refractivity contribution in [1.82, 2.24) is 37.4 Å². The molecule has 0 aliphatic carbocycles. The number of anilines is 2. The average molecular weight is 820 g/mol. The zero-order valence-electron chi connectivity index (χ0n) is 30.6. The molecule has 18 nitrogen and oxygen atoms in total. The number of carboxylic acids is 2. The van der Waals surface area contributed by atoms with E-state index in [-0.39, 0.29) is 33.6 Å². The molecule has 4 heterocycles. The Morgan fingerprint density at radius 3 is 1.15 bits per heavy atom. The summed E-state index contributed by atoms with van der Waals surface area (Å²) in [5.74, 6) is -1.98. The lowest BCUT2D eigenvalue weighted by Gasteiger charge is -2.02. The van der Waals surface area contributed by atoms with Crippen LogP contribution in [0.1, 0.15) is 20.7 Å². The van der Waals surface area contributed by atoms with Gasteiger partial charge in [-0.25, -0.2) is 29.1 Å². The van der Waals surface area contributed by atoms with E-state index in [2.05, 4.69) is 25.9 Å². The molecular formula is C36H39BrN10O8. The summed E-state index contributed by atoms with van der Waals surface area (Å²) in [6.07, 6.45) is 3.04. The number of rotatable bonds is 2. The molecular weight excluding hydrogens is 780 g/mol. The zero-order valence-corrected chi connectivity index (χ0v) is 32.2. The van der Waals surface area contributed by atoms with E-state index in [0.29, 0.717) is 33.7 Å². The fraction of sp³-hybridized carbons (Fsp3) is 0.167. The molecule has 0 amide bonds. The monoisotopic (exact) mass is 818 g/mol. The number of hydrogen-bond acceptors (Lipinski definition) is 10. The Labute approximate surface area is 320 Å². The quantitative estimate of drug-likeness (QED) is 0.184. The highest BCUT2D eigenvalue weighted by Crippen LogP contribution is 2.10. The van der Waals surface area contributed by atoms with Crippen LogP contribution in [0, 0.1) is 0 Å². The molecule has 3 aromatic carbocycles. The highest BCUT2D eigenvalue weighted by molar-refractivity contribution is 9.10. The van der Waals surface area contributed by atoms with Crippen LogP contribution in [-0.4, -0.2) is 59.5 Å². The Bertz CT molecular complexity index is 2540. The van der Waals surface area contributed by atoms with Gasteiger partial charge >= 0.3 is 23.3 Å². The molecule has 7 rings (SSSR count). The Balaban J connectivity index is 0.000000188. The topological polar surface area (TPSA) is 250 Å². The second kappa shape index (κ2) is 18.6. The summed E-state index contributed by atoms with van der Waals surface area (Å²) in [5, 5.41) is 17.0. The van der Waals surface area contributed by atoms with E-state index in [9.17, 15) is 28.8 Å². The number of hydrogen-bond donors (Lipinski definition) is 4. The molecule has 6 N–H and O–H groups in total. The van der Waals surface area contributed by atoms with Crippen molar-refractivity contribution < 1.29 is 19.8 Å². The molecule has 0 aliphatic rings. The number of nitrogens with zero attached hydrogens (tertiary/aromatic N) is 8. The van der Waals surface area contributed by atoms with Crippen LogP contribution in [0.3, 0.4) is 0 Å². The van der Waals surface area contributed by atoms with Gasteiger partial charge in [-0.3, -0.25) is 27.9 Å². The van der Waals surface area contributed by atoms with E-state index in [1.165, 1.54) is 48.0 Å². The summed E-state index contributed by atoms with van der Waals surface area (Å²) >= 11 is 3.31. The van der Waals surface area contributed by atoms with Crippen molar-refractivity contribution in [2.24, 2.45) is 42.3 Å². The zero-order chi connectivity index (χ0) is 41.1. The van der Waals surface area contributed by atoms with Gasteiger partial charge in [0, 0.05) is 58.1 Å². The van der Waals surface area contributed by atoms with Gasteiger partial charge in [-0.05, 0) is 36.4 Å². The second-order valence-electron chi connectivity index (χ2n) is 11.5. The van der Waals surface area contributed by atoms with Gasteiger partial charge in [0.25, 0.3) is 11.1 Å². The van der Waals surface area contributed by atoms with Crippen molar-refractivity contribution in [1.29, 1.82) is 0 Å². The molecule has 55 heavy (non-hydrogen) atoms. The van der Waals surface area contributed by atoms with Crippen LogP contribution in [0.2, 0.25) is 0 Å². The first-order valence-corrected chi connectivity index (χ1v) is 16.7. The van der Waals surface area contributed by atoms with Crippen molar-refractivity contribution in [3.63, 3.8) is 0 Å². The van der Waals surface area contributed by atoms with E-state index >= 15 is 0 Å². The number of imidazole rings is 2. The van der Waals surface area contributed by atoms with Gasteiger partial charge < -0.3 is 30.8 Å². The maximum absolute atomic E-state index is 11.7. The number of halogens is 1. The molecule has 0 spiro atoms. The van der Waals surface area contributed by atoms with Crippen LogP contribution in [0.5, 0.6) is 0 Å². The average Bonchev–Trinajstić information content (AvgIpc) is 3.75. The van der Waals surface area contributed by atoms with Crippen molar-refractivity contribution in [3.8, 4) is 0 Å². The molecule has 0 radical (unpaired) electrons. The predicted molar refractivity (Wildman–Crippen MR) is 212 cm³/mol. The fourth-order valence-corrected chi connectivity index (χ4v) is 5.05. The Kier molecular flexibility index (Phi) is 14.4. The number of nitrogens with two attached hydrogens (primary N) is 2. The third kappa shape index (κ3) is 10.1. The van der Waals surface area contributed by atoms with Gasteiger partial charge in [-0.2, -0.15) is 0 Å². The van der Waals surface area contributed by atoms with Gasteiger partial charge in [0.05, 0.1) is 23.8 Å². The van der Waals surface area contributed by atoms with Crippen LogP contribution in [0.15, 0.2) is 115 Å². The van der Waals surface area contributed by atoms with Gasteiger partial charge in [0.1, 0.15) is 0 Å². The third-order valence-electron chi connectivity index (χ3n) is 7.75. The predicted octanol–water partition coefficient (Wildman–Crippen LogP) is 2.32. The summed E-state index contributed by atoms with van der Waals surface area (Å²) in [4.78, 5) is 75.0.